The molecule has 2 rings (SSSR count). The summed E-state index contributed by atoms with van der Waals surface area (Å²) in [5.41, 5.74) is 12.6. The number of aromatic nitrogens is 2. The molecule has 0 unspecified atom stereocenters. The van der Waals surface area contributed by atoms with Crippen molar-refractivity contribution in [3.63, 3.8) is 0 Å². The highest BCUT2D eigenvalue weighted by molar-refractivity contribution is 6.18. The zero-order chi connectivity index (χ0) is 14.5. The molecule has 7 heteroatoms. The van der Waals surface area contributed by atoms with Crippen LogP contribution in [-0.2, 0) is 0 Å². The first-order chi connectivity index (χ1) is 9.65. The standard InChI is InChI=1S/C13H12ClN5O/c14-5-6-20-9-3-1-8(2-4-9)11-10(7-15)12(16)19-13(17)18-11/h1-4H,5-6H2,(H4,16,17,18,19). The summed E-state index contributed by atoms with van der Waals surface area (Å²) in [6, 6.07) is 9.05. The Morgan fingerprint density at radius 1 is 1.20 bits per heavy atom. The second-order valence-corrected chi connectivity index (χ2v) is 4.24. The number of alkyl halides is 1. The van der Waals surface area contributed by atoms with Crippen molar-refractivity contribution < 1.29 is 4.74 Å². The van der Waals surface area contributed by atoms with Crippen molar-refractivity contribution in [2.75, 3.05) is 24.0 Å². The zero-order valence-corrected chi connectivity index (χ0v) is 11.3. The molecular weight excluding hydrogens is 278 g/mol. The highest BCUT2D eigenvalue weighted by atomic mass is 35.5. The summed E-state index contributed by atoms with van der Waals surface area (Å²) < 4.78 is 5.37. The topological polar surface area (TPSA) is 111 Å². The second kappa shape index (κ2) is 6.08. The molecule has 20 heavy (non-hydrogen) atoms. The maximum absolute atomic E-state index is 9.13. The van der Waals surface area contributed by atoms with E-state index < -0.39 is 0 Å². The average Bonchev–Trinajstić information content (AvgIpc) is 2.45. The number of ether oxygens (including phenoxy) is 1. The minimum Gasteiger partial charge on any atom is -0.492 e. The molecule has 1 aromatic heterocycles. The molecule has 1 heterocycles. The normalized spacial score (nSPS) is 10.0. The maximum atomic E-state index is 9.13. The minimum atomic E-state index is 0.0268. The second-order valence-electron chi connectivity index (χ2n) is 3.86. The fourth-order valence-electron chi connectivity index (χ4n) is 1.68. The molecule has 0 aliphatic rings. The van der Waals surface area contributed by atoms with Gasteiger partial charge >= 0.3 is 0 Å². The highest BCUT2D eigenvalue weighted by Crippen LogP contribution is 2.26. The Kier molecular flexibility index (Phi) is 4.23. The van der Waals surface area contributed by atoms with E-state index in [2.05, 4.69) is 9.97 Å². The molecule has 102 valence electrons. The SMILES string of the molecule is N#Cc1c(N)nc(N)nc1-c1ccc(OCCCl)cc1. The number of benzene rings is 1. The van der Waals surface area contributed by atoms with Crippen molar-refractivity contribution in [2.24, 2.45) is 0 Å². The summed E-state index contributed by atoms with van der Waals surface area (Å²) in [5, 5.41) is 9.13. The fourth-order valence-corrected chi connectivity index (χ4v) is 1.76. The minimum absolute atomic E-state index is 0.0268. The Morgan fingerprint density at radius 2 is 1.90 bits per heavy atom. The molecule has 0 spiro atoms. The number of nitriles is 1. The van der Waals surface area contributed by atoms with Gasteiger partial charge in [0.2, 0.25) is 5.95 Å². The molecule has 2 aromatic rings. The lowest BCUT2D eigenvalue weighted by Crippen LogP contribution is -2.05. The molecule has 0 aliphatic heterocycles. The molecule has 0 bridgehead atoms. The van der Waals surface area contributed by atoms with Gasteiger partial charge in [-0.3, -0.25) is 0 Å². The Labute approximate surface area is 121 Å². The highest BCUT2D eigenvalue weighted by Gasteiger charge is 2.13. The Bertz CT molecular complexity index is 651. The Morgan fingerprint density at radius 3 is 2.50 bits per heavy atom. The summed E-state index contributed by atoms with van der Waals surface area (Å²) in [4.78, 5) is 7.84. The first-order valence-electron chi connectivity index (χ1n) is 5.78. The van der Waals surface area contributed by atoms with Gasteiger partial charge in [-0.25, -0.2) is 4.98 Å². The van der Waals surface area contributed by atoms with E-state index in [4.69, 9.17) is 33.1 Å². The predicted molar refractivity (Wildman–Crippen MR) is 77.2 cm³/mol. The summed E-state index contributed by atoms with van der Waals surface area (Å²) >= 11 is 5.55. The molecular formula is C13H12ClN5O. The van der Waals surface area contributed by atoms with Gasteiger partial charge in [-0.05, 0) is 24.3 Å². The smallest absolute Gasteiger partial charge is 0.222 e. The number of nitrogens with two attached hydrogens (primary N) is 2. The van der Waals surface area contributed by atoms with Crippen LogP contribution < -0.4 is 16.2 Å². The lowest BCUT2D eigenvalue weighted by Gasteiger charge is -2.08. The van der Waals surface area contributed by atoms with Crippen molar-refractivity contribution in [1.29, 1.82) is 5.26 Å². The monoisotopic (exact) mass is 289 g/mol. The molecule has 4 N–H and O–H groups in total. The molecule has 0 atom stereocenters. The summed E-state index contributed by atoms with van der Waals surface area (Å²) in [5.74, 6) is 1.19. The van der Waals surface area contributed by atoms with Gasteiger partial charge in [0.15, 0.2) is 0 Å². The van der Waals surface area contributed by atoms with Crippen LogP contribution in [0.25, 0.3) is 11.3 Å². The molecule has 0 saturated heterocycles. The molecule has 0 radical (unpaired) electrons. The summed E-state index contributed by atoms with van der Waals surface area (Å²) in [6.45, 7) is 0.428. The third-order valence-electron chi connectivity index (χ3n) is 2.54. The van der Waals surface area contributed by atoms with Gasteiger partial charge < -0.3 is 16.2 Å². The van der Waals surface area contributed by atoms with Gasteiger partial charge in [-0.2, -0.15) is 10.2 Å². The van der Waals surface area contributed by atoms with Gasteiger partial charge in [-0.1, -0.05) is 0 Å². The molecule has 0 fully saturated rings. The Hall–Kier alpha value is -2.52. The van der Waals surface area contributed by atoms with E-state index in [9.17, 15) is 0 Å². The number of nitrogen functional groups attached to an aromatic ring is 2. The van der Waals surface area contributed by atoms with Crippen molar-refractivity contribution >= 4 is 23.4 Å². The zero-order valence-electron chi connectivity index (χ0n) is 10.5. The van der Waals surface area contributed by atoms with E-state index in [1.807, 2.05) is 6.07 Å². The third-order valence-corrected chi connectivity index (χ3v) is 2.69. The number of hydrogen-bond donors (Lipinski definition) is 2. The van der Waals surface area contributed by atoms with E-state index in [1.54, 1.807) is 24.3 Å². The van der Waals surface area contributed by atoms with Gasteiger partial charge in [0.1, 0.15) is 29.8 Å². The molecule has 0 aliphatic carbocycles. The predicted octanol–water partition coefficient (Wildman–Crippen LogP) is 1.80. The van der Waals surface area contributed by atoms with Crippen molar-refractivity contribution in [3.8, 4) is 23.1 Å². The molecule has 0 amide bonds. The number of nitrogens with zero attached hydrogens (tertiary/aromatic N) is 3. The number of halogens is 1. The van der Waals surface area contributed by atoms with Crippen molar-refractivity contribution in [1.82, 2.24) is 9.97 Å². The number of anilines is 2. The first-order valence-corrected chi connectivity index (χ1v) is 6.31. The van der Waals surface area contributed by atoms with E-state index in [-0.39, 0.29) is 17.3 Å². The van der Waals surface area contributed by atoms with Crippen LogP contribution in [0.3, 0.4) is 0 Å². The lowest BCUT2D eigenvalue weighted by atomic mass is 10.1. The van der Waals surface area contributed by atoms with Crippen LogP contribution in [0.2, 0.25) is 0 Å². The van der Waals surface area contributed by atoms with E-state index in [1.165, 1.54) is 0 Å². The van der Waals surface area contributed by atoms with Crippen molar-refractivity contribution in [2.45, 2.75) is 0 Å². The fraction of sp³-hybridized carbons (Fsp3) is 0.154. The van der Waals surface area contributed by atoms with Crippen LogP contribution in [0.1, 0.15) is 5.56 Å². The quantitative estimate of drug-likeness (QED) is 0.830. The summed E-state index contributed by atoms with van der Waals surface area (Å²) in [7, 11) is 0. The van der Waals surface area contributed by atoms with Crippen LogP contribution in [-0.4, -0.2) is 22.5 Å². The summed E-state index contributed by atoms with van der Waals surface area (Å²) in [6.07, 6.45) is 0. The van der Waals surface area contributed by atoms with Gasteiger partial charge in [0.05, 0.1) is 11.6 Å². The molecule has 0 saturated carbocycles. The van der Waals surface area contributed by atoms with Gasteiger partial charge in [0.25, 0.3) is 0 Å². The van der Waals surface area contributed by atoms with Crippen LogP contribution >= 0.6 is 11.6 Å². The molecule has 1 aromatic carbocycles. The van der Waals surface area contributed by atoms with Crippen molar-refractivity contribution in [3.05, 3.63) is 29.8 Å². The average molecular weight is 290 g/mol. The van der Waals surface area contributed by atoms with E-state index >= 15 is 0 Å². The van der Waals surface area contributed by atoms with E-state index in [0.29, 0.717) is 29.5 Å². The van der Waals surface area contributed by atoms with E-state index in [0.717, 1.165) is 0 Å². The van der Waals surface area contributed by atoms with Gasteiger partial charge in [-0.15, -0.1) is 11.6 Å². The van der Waals surface area contributed by atoms with Crippen LogP contribution in [0.4, 0.5) is 11.8 Å². The van der Waals surface area contributed by atoms with Gasteiger partial charge in [0, 0.05) is 5.56 Å². The lowest BCUT2D eigenvalue weighted by molar-refractivity contribution is 0.343. The maximum Gasteiger partial charge on any atom is 0.222 e. The van der Waals surface area contributed by atoms with Crippen LogP contribution in [0.5, 0.6) is 5.75 Å². The Balaban J connectivity index is 2.39. The van der Waals surface area contributed by atoms with Crippen LogP contribution in [0, 0.1) is 11.3 Å². The first kappa shape index (κ1) is 13.9. The number of hydrogen-bond acceptors (Lipinski definition) is 6. The number of rotatable bonds is 4. The largest absolute Gasteiger partial charge is 0.492 e. The molecule has 6 nitrogen and oxygen atoms in total. The van der Waals surface area contributed by atoms with Crippen LogP contribution in [0.15, 0.2) is 24.3 Å². The third kappa shape index (κ3) is 2.90.